The van der Waals surface area contributed by atoms with E-state index in [1.54, 1.807) is 12.1 Å². The lowest BCUT2D eigenvalue weighted by atomic mass is 10.1. The van der Waals surface area contributed by atoms with Crippen molar-refractivity contribution in [2.24, 2.45) is 5.84 Å². The maximum atomic E-state index is 10.9. The van der Waals surface area contributed by atoms with Gasteiger partial charge in [-0.25, -0.2) is 0 Å². The summed E-state index contributed by atoms with van der Waals surface area (Å²) in [5.74, 6) is 5.35. The summed E-state index contributed by atoms with van der Waals surface area (Å²) in [5.41, 5.74) is 5.90. The molecular weight excluding hydrogens is 268 g/mol. The Morgan fingerprint density at radius 3 is 2.48 bits per heavy atom. The van der Waals surface area contributed by atoms with E-state index in [0.717, 1.165) is 11.3 Å². The van der Waals surface area contributed by atoms with Crippen LogP contribution in [0.4, 0.5) is 17.1 Å². The minimum absolute atomic E-state index is 0.0285. The molecule has 6 heteroatoms. The first-order chi connectivity index (χ1) is 10.0. The molecule has 0 fully saturated rings. The summed E-state index contributed by atoms with van der Waals surface area (Å²) in [4.78, 5) is 12.5. The molecule has 110 valence electrons. The number of aryl methyl sites for hydroxylation is 1. The summed E-state index contributed by atoms with van der Waals surface area (Å²) < 4.78 is 0. The summed E-state index contributed by atoms with van der Waals surface area (Å²) in [7, 11) is 1.97. The van der Waals surface area contributed by atoms with Gasteiger partial charge in [0.2, 0.25) is 0 Å². The minimum Gasteiger partial charge on any atom is -0.370 e. The zero-order chi connectivity index (χ0) is 15.4. The van der Waals surface area contributed by atoms with Gasteiger partial charge in [0.25, 0.3) is 5.69 Å². The Kier molecular flexibility index (Phi) is 4.39. The van der Waals surface area contributed by atoms with E-state index < -0.39 is 4.92 Å². The largest absolute Gasteiger partial charge is 0.370 e. The van der Waals surface area contributed by atoms with Gasteiger partial charge in [0.1, 0.15) is 5.69 Å². The van der Waals surface area contributed by atoms with Crippen LogP contribution in [0.5, 0.6) is 0 Å². The molecule has 0 aliphatic carbocycles. The molecule has 21 heavy (non-hydrogen) atoms. The van der Waals surface area contributed by atoms with Gasteiger partial charge < -0.3 is 10.3 Å². The molecule has 0 aromatic heterocycles. The van der Waals surface area contributed by atoms with E-state index in [1.807, 2.05) is 26.1 Å². The van der Waals surface area contributed by atoms with Gasteiger partial charge in [-0.05, 0) is 30.7 Å². The Morgan fingerprint density at radius 1 is 1.24 bits per heavy atom. The van der Waals surface area contributed by atoms with Crippen LogP contribution in [-0.4, -0.2) is 12.0 Å². The van der Waals surface area contributed by atoms with Crippen molar-refractivity contribution in [2.45, 2.75) is 13.5 Å². The molecule has 0 atom stereocenters. The van der Waals surface area contributed by atoms with Gasteiger partial charge >= 0.3 is 0 Å². The summed E-state index contributed by atoms with van der Waals surface area (Å²) in [6.45, 7) is 2.68. The highest BCUT2D eigenvalue weighted by atomic mass is 16.6. The molecule has 2 rings (SSSR count). The second-order valence-corrected chi connectivity index (χ2v) is 4.94. The highest BCUT2D eigenvalue weighted by Gasteiger charge is 2.13. The molecule has 0 spiro atoms. The van der Waals surface area contributed by atoms with Gasteiger partial charge in [-0.2, -0.15) is 0 Å². The molecule has 0 aliphatic rings. The predicted octanol–water partition coefficient (Wildman–Crippen LogP) is 2.83. The first-order valence-corrected chi connectivity index (χ1v) is 6.53. The molecule has 0 heterocycles. The predicted molar refractivity (Wildman–Crippen MR) is 84.2 cm³/mol. The number of nitro benzene ring substituents is 1. The van der Waals surface area contributed by atoms with E-state index in [4.69, 9.17) is 5.84 Å². The number of nitro groups is 1. The molecule has 6 nitrogen and oxygen atoms in total. The number of hydrogen-bond acceptors (Lipinski definition) is 5. The zero-order valence-electron chi connectivity index (χ0n) is 12.0. The fraction of sp³-hybridized carbons (Fsp3) is 0.200. The van der Waals surface area contributed by atoms with Crippen molar-refractivity contribution in [3.05, 3.63) is 63.7 Å². The lowest BCUT2D eigenvalue weighted by Gasteiger charge is -2.20. The average Bonchev–Trinajstić information content (AvgIpc) is 2.47. The topological polar surface area (TPSA) is 84.4 Å². The van der Waals surface area contributed by atoms with E-state index >= 15 is 0 Å². The third kappa shape index (κ3) is 3.49. The van der Waals surface area contributed by atoms with Gasteiger partial charge in [-0.1, -0.05) is 23.8 Å². The maximum absolute atomic E-state index is 10.9. The normalized spacial score (nSPS) is 10.2. The molecule has 0 aliphatic heterocycles. The molecule has 2 aromatic rings. The fourth-order valence-corrected chi connectivity index (χ4v) is 2.12. The van der Waals surface area contributed by atoms with Gasteiger partial charge in [0.05, 0.1) is 4.92 Å². The summed E-state index contributed by atoms with van der Waals surface area (Å²) >= 11 is 0. The molecule has 3 N–H and O–H groups in total. The molecule has 0 saturated heterocycles. The van der Waals surface area contributed by atoms with E-state index in [-0.39, 0.29) is 5.69 Å². The van der Waals surface area contributed by atoms with Crippen molar-refractivity contribution in [3.8, 4) is 0 Å². The molecule has 0 saturated carbocycles. The van der Waals surface area contributed by atoms with Gasteiger partial charge in [-0.3, -0.25) is 16.0 Å². The lowest BCUT2D eigenvalue weighted by molar-refractivity contribution is -0.384. The number of nitrogen functional groups attached to an aromatic ring is 1. The quantitative estimate of drug-likeness (QED) is 0.501. The Bertz CT molecular complexity index is 641. The highest BCUT2D eigenvalue weighted by molar-refractivity contribution is 5.62. The molecule has 0 radical (unpaired) electrons. The Hall–Kier alpha value is -2.60. The van der Waals surface area contributed by atoms with E-state index in [0.29, 0.717) is 12.2 Å². The summed E-state index contributed by atoms with van der Waals surface area (Å²) in [6.07, 6.45) is 0. The van der Waals surface area contributed by atoms with Crippen LogP contribution in [0.25, 0.3) is 0 Å². The number of nitrogens with one attached hydrogen (secondary N) is 1. The van der Waals surface area contributed by atoms with Crippen molar-refractivity contribution in [1.29, 1.82) is 0 Å². The molecule has 0 unspecified atom stereocenters. The van der Waals surface area contributed by atoms with Gasteiger partial charge in [-0.15, -0.1) is 0 Å². The van der Waals surface area contributed by atoms with Crippen LogP contribution in [0.15, 0.2) is 42.5 Å². The first-order valence-electron chi connectivity index (χ1n) is 6.53. The van der Waals surface area contributed by atoms with Gasteiger partial charge in [0.15, 0.2) is 0 Å². The zero-order valence-corrected chi connectivity index (χ0v) is 12.0. The average molecular weight is 286 g/mol. The second kappa shape index (κ2) is 6.23. The van der Waals surface area contributed by atoms with Crippen molar-refractivity contribution in [3.63, 3.8) is 0 Å². The van der Waals surface area contributed by atoms with Crippen molar-refractivity contribution < 1.29 is 4.92 Å². The number of nitrogens with two attached hydrogens (primary N) is 1. The highest BCUT2D eigenvalue weighted by Crippen LogP contribution is 2.25. The van der Waals surface area contributed by atoms with Crippen LogP contribution < -0.4 is 16.2 Å². The standard InChI is InChI=1S/C15H18N4O2/c1-11-3-6-13(7-4-11)18(2)10-12-5-8-15(19(20)21)14(9-12)17-16/h3-9,17H,10,16H2,1-2H3. The van der Waals surface area contributed by atoms with Crippen LogP contribution in [-0.2, 0) is 6.54 Å². The Morgan fingerprint density at radius 2 is 1.90 bits per heavy atom. The van der Waals surface area contributed by atoms with E-state index in [2.05, 4.69) is 22.5 Å². The van der Waals surface area contributed by atoms with Gasteiger partial charge in [0, 0.05) is 25.3 Å². The Labute approximate surface area is 123 Å². The fourth-order valence-electron chi connectivity index (χ4n) is 2.12. The van der Waals surface area contributed by atoms with Crippen LogP contribution in [0.3, 0.4) is 0 Å². The number of hydrogen-bond donors (Lipinski definition) is 2. The number of nitrogens with zero attached hydrogens (tertiary/aromatic N) is 2. The third-order valence-corrected chi connectivity index (χ3v) is 3.31. The van der Waals surface area contributed by atoms with Crippen molar-refractivity contribution in [2.75, 3.05) is 17.4 Å². The monoisotopic (exact) mass is 286 g/mol. The van der Waals surface area contributed by atoms with Crippen LogP contribution in [0.2, 0.25) is 0 Å². The van der Waals surface area contributed by atoms with Crippen molar-refractivity contribution in [1.82, 2.24) is 0 Å². The maximum Gasteiger partial charge on any atom is 0.293 e. The SMILES string of the molecule is Cc1ccc(N(C)Cc2ccc([N+](=O)[O-])c(NN)c2)cc1. The van der Waals surface area contributed by atoms with Crippen LogP contribution in [0, 0.1) is 17.0 Å². The van der Waals surface area contributed by atoms with E-state index in [9.17, 15) is 10.1 Å². The smallest absolute Gasteiger partial charge is 0.293 e. The summed E-state index contributed by atoms with van der Waals surface area (Å²) in [6, 6.07) is 13.1. The number of benzene rings is 2. The molecular formula is C15H18N4O2. The lowest BCUT2D eigenvalue weighted by Crippen LogP contribution is -2.17. The minimum atomic E-state index is -0.456. The number of rotatable bonds is 5. The summed E-state index contributed by atoms with van der Waals surface area (Å²) in [5, 5.41) is 10.9. The van der Waals surface area contributed by atoms with E-state index in [1.165, 1.54) is 11.6 Å². The Balaban J connectivity index is 2.19. The molecule has 0 bridgehead atoms. The number of anilines is 2. The van der Waals surface area contributed by atoms with Crippen LogP contribution >= 0.6 is 0 Å². The first kappa shape index (κ1) is 14.8. The molecule has 2 aromatic carbocycles. The third-order valence-electron chi connectivity index (χ3n) is 3.31. The second-order valence-electron chi connectivity index (χ2n) is 4.94. The molecule has 0 amide bonds. The number of hydrazine groups is 1. The van der Waals surface area contributed by atoms with Crippen LogP contribution in [0.1, 0.15) is 11.1 Å². The van der Waals surface area contributed by atoms with Crippen molar-refractivity contribution >= 4 is 17.1 Å².